The summed E-state index contributed by atoms with van der Waals surface area (Å²) in [7, 11) is 0. The maximum Gasteiger partial charge on any atom is 0.317 e. The van der Waals surface area contributed by atoms with E-state index in [0.717, 1.165) is 31.4 Å². The molecule has 2 rings (SSSR count). The van der Waals surface area contributed by atoms with E-state index in [2.05, 4.69) is 22.5 Å². The van der Waals surface area contributed by atoms with E-state index in [1.807, 2.05) is 18.7 Å². The lowest BCUT2D eigenvalue weighted by Gasteiger charge is -2.42. The minimum absolute atomic E-state index is 0.0466. The lowest BCUT2D eigenvalue weighted by Crippen LogP contribution is -2.56. The molecule has 1 aliphatic carbocycles. The largest absolute Gasteiger partial charge is 0.480 e. The molecule has 0 bridgehead atoms. The summed E-state index contributed by atoms with van der Waals surface area (Å²) in [6.45, 7) is 6.93. The molecule has 140 valence electrons. The van der Waals surface area contributed by atoms with Crippen molar-refractivity contribution in [3.8, 4) is 0 Å². The minimum atomic E-state index is -0.819. The molecule has 8 heteroatoms. The second-order valence-corrected chi connectivity index (χ2v) is 6.47. The Morgan fingerprint density at radius 2 is 2.08 bits per heavy atom. The maximum atomic E-state index is 12.0. The van der Waals surface area contributed by atoms with Crippen LogP contribution in [0.15, 0.2) is 4.42 Å². The van der Waals surface area contributed by atoms with E-state index in [4.69, 9.17) is 9.52 Å². The highest BCUT2D eigenvalue weighted by atomic mass is 16.4. The monoisotopic (exact) mass is 352 g/mol. The van der Waals surface area contributed by atoms with Gasteiger partial charge in [-0.1, -0.05) is 13.8 Å². The van der Waals surface area contributed by atoms with E-state index >= 15 is 0 Å². The first-order valence-corrected chi connectivity index (χ1v) is 8.88. The van der Waals surface area contributed by atoms with Crippen LogP contribution in [0.5, 0.6) is 0 Å². The van der Waals surface area contributed by atoms with Crippen LogP contribution in [0.2, 0.25) is 0 Å². The first-order valence-electron chi connectivity index (χ1n) is 8.88. The number of carboxylic acids is 1. The molecule has 3 N–H and O–H groups in total. The van der Waals surface area contributed by atoms with Gasteiger partial charge in [0.2, 0.25) is 0 Å². The summed E-state index contributed by atoms with van der Waals surface area (Å²) in [6.07, 6.45) is 3.31. The number of carbonyl (C=O) groups is 2. The van der Waals surface area contributed by atoms with Gasteiger partial charge in [-0.15, -0.1) is 0 Å². The van der Waals surface area contributed by atoms with Crippen LogP contribution in [0.3, 0.4) is 0 Å². The summed E-state index contributed by atoms with van der Waals surface area (Å²) in [6, 6.07) is 0.0661. The molecule has 0 aliphatic heterocycles. The summed E-state index contributed by atoms with van der Waals surface area (Å²) < 4.78 is 5.63. The van der Waals surface area contributed by atoms with E-state index < -0.39 is 5.97 Å². The Bertz CT molecular complexity index is 595. The average molecular weight is 352 g/mol. The van der Waals surface area contributed by atoms with Crippen molar-refractivity contribution >= 4 is 12.0 Å². The number of aromatic nitrogens is 1. The van der Waals surface area contributed by atoms with Gasteiger partial charge >= 0.3 is 12.0 Å². The second kappa shape index (κ2) is 8.84. The van der Waals surface area contributed by atoms with Crippen LogP contribution in [-0.4, -0.2) is 52.2 Å². The van der Waals surface area contributed by atoms with Gasteiger partial charge in [-0.2, -0.15) is 0 Å². The zero-order valence-corrected chi connectivity index (χ0v) is 15.2. The van der Waals surface area contributed by atoms with Gasteiger partial charge in [0.15, 0.2) is 5.89 Å². The number of amides is 2. The molecule has 0 unspecified atom stereocenters. The summed E-state index contributed by atoms with van der Waals surface area (Å²) >= 11 is 0. The lowest BCUT2D eigenvalue weighted by molar-refractivity contribution is -0.139. The molecule has 1 aromatic heterocycles. The van der Waals surface area contributed by atoms with Crippen LogP contribution in [0, 0.1) is 6.92 Å². The van der Waals surface area contributed by atoms with E-state index in [1.165, 1.54) is 0 Å². The second-order valence-electron chi connectivity index (χ2n) is 6.47. The summed E-state index contributed by atoms with van der Waals surface area (Å²) in [4.78, 5) is 29.1. The lowest BCUT2D eigenvalue weighted by atomic mass is 9.85. The Balaban J connectivity index is 1.71. The fourth-order valence-electron chi connectivity index (χ4n) is 3.05. The molecule has 0 radical (unpaired) electrons. The number of carboxylic acid groups (broad SMARTS) is 1. The molecular weight excluding hydrogens is 324 g/mol. The van der Waals surface area contributed by atoms with E-state index in [9.17, 15) is 9.59 Å². The third-order valence-corrected chi connectivity index (χ3v) is 4.52. The van der Waals surface area contributed by atoms with Crippen molar-refractivity contribution in [2.24, 2.45) is 0 Å². The average Bonchev–Trinajstić information content (AvgIpc) is 2.86. The van der Waals surface area contributed by atoms with Gasteiger partial charge in [0.25, 0.3) is 0 Å². The van der Waals surface area contributed by atoms with E-state index in [1.54, 1.807) is 0 Å². The number of oxazole rings is 1. The van der Waals surface area contributed by atoms with Crippen molar-refractivity contribution in [1.29, 1.82) is 0 Å². The molecule has 8 nitrogen and oxygen atoms in total. The molecule has 0 spiro atoms. The van der Waals surface area contributed by atoms with Crippen molar-refractivity contribution < 1.29 is 19.1 Å². The van der Waals surface area contributed by atoms with Crippen LogP contribution in [0.1, 0.15) is 50.5 Å². The minimum Gasteiger partial charge on any atom is -0.480 e. The fourth-order valence-corrected chi connectivity index (χ4v) is 3.05. The number of urea groups is 1. The number of aliphatic carboxylic acids is 1. The Kier molecular flexibility index (Phi) is 6.81. The van der Waals surface area contributed by atoms with Crippen molar-refractivity contribution in [2.45, 2.75) is 65.1 Å². The summed E-state index contributed by atoms with van der Waals surface area (Å²) in [5, 5.41) is 14.6. The summed E-state index contributed by atoms with van der Waals surface area (Å²) in [5.74, 6) is 0.571. The highest BCUT2D eigenvalue weighted by molar-refractivity contribution is 5.74. The van der Waals surface area contributed by atoms with Crippen LogP contribution in [0.25, 0.3) is 0 Å². The zero-order chi connectivity index (χ0) is 18.4. The molecule has 0 atom stereocenters. The number of aryl methyl sites for hydroxylation is 2. The van der Waals surface area contributed by atoms with Gasteiger partial charge in [-0.25, -0.2) is 9.78 Å². The number of carbonyl (C=O) groups excluding carboxylic acids is 1. The molecule has 2 amide bonds. The van der Waals surface area contributed by atoms with Crippen LogP contribution in [0.4, 0.5) is 4.79 Å². The van der Waals surface area contributed by atoms with Gasteiger partial charge in [0.1, 0.15) is 5.76 Å². The SMILES string of the molecule is CCCc1nc(C)c(CNC(=O)NC2CC(N(CC)CC(=O)O)C2)o1. The standard InChI is InChI=1S/C17H28N4O4/c1-4-6-15-19-11(3)14(25-15)9-18-17(24)20-12-7-13(8-12)21(5-2)10-16(22)23/h12-13H,4-10H2,1-3H3,(H,22,23)(H2,18,20,24). The highest BCUT2D eigenvalue weighted by Gasteiger charge is 2.34. The van der Waals surface area contributed by atoms with Gasteiger partial charge in [-0.3, -0.25) is 9.69 Å². The van der Waals surface area contributed by atoms with E-state index in [0.29, 0.717) is 24.7 Å². The molecule has 1 fully saturated rings. The van der Waals surface area contributed by atoms with Crippen LogP contribution < -0.4 is 10.6 Å². The topological polar surface area (TPSA) is 108 Å². The normalized spacial score (nSPS) is 19.5. The van der Waals surface area contributed by atoms with Crippen molar-refractivity contribution in [3.63, 3.8) is 0 Å². The highest BCUT2D eigenvalue weighted by Crippen LogP contribution is 2.25. The third-order valence-electron chi connectivity index (χ3n) is 4.52. The Morgan fingerprint density at radius 3 is 2.68 bits per heavy atom. The first kappa shape index (κ1) is 19.2. The van der Waals surface area contributed by atoms with Crippen molar-refractivity contribution in [1.82, 2.24) is 20.5 Å². The number of nitrogens with zero attached hydrogens (tertiary/aromatic N) is 2. The number of hydrogen-bond donors (Lipinski definition) is 3. The van der Waals surface area contributed by atoms with Gasteiger partial charge in [-0.05, 0) is 32.7 Å². The maximum absolute atomic E-state index is 12.0. The number of rotatable bonds is 9. The van der Waals surface area contributed by atoms with Gasteiger partial charge < -0.3 is 20.2 Å². The Labute approximate surface area is 148 Å². The predicted octanol–water partition coefficient (Wildman–Crippen LogP) is 1.67. The van der Waals surface area contributed by atoms with Gasteiger partial charge in [0.05, 0.1) is 18.8 Å². The summed E-state index contributed by atoms with van der Waals surface area (Å²) in [5.41, 5.74) is 0.805. The quantitative estimate of drug-likeness (QED) is 0.624. The molecule has 1 saturated carbocycles. The molecule has 0 saturated heterocycles. The number of nitrogens with one attached hydrogen (secondary N) is 2. The molecule has 0 aromatic carbocycles. The molecule has 1 heterocycles. The zero-order valence-electron chi connectivity index (χ0n) is 15.2. The first-order chi connectivity index (χ1) is 11.9. The number of likely N-dealkylation sites (N-methyl/N-ethyl adjacent to an activating group) is 1. The van der Waals surface area contributed by atoms with Crippen molar-refractivity contribution in [2.75, 3.05) is 13.1 Å². The smallest absolute Gasteiger partial charge is 0.317 e. The van der Waals surface area contributed by atoms with Gasteiger partial charge in [0, 0.05) is 18.5 Å². The molecule has 25 heavy (non-hydrogen) atoms. The Morgan fingerprint density at radius 1 is 1.36 bits per heavy atom. The molecule has 1 aliphatic rings. The third kappa shape index (κ3) is 5.45. The Hall–Kier alpha value is -2.09. The molecular formula is C17H28N4O4. The van der Waals surface area contributed by atoms with E-state index in [-0.39, 0.29) is 24.7 Å². The van der Waals surface area contributed by atoms with Crippen molar-refractivity contribution in [3.05, 3.63) is 17.3 Å². The molecule has 1 aromatic rings. The fraction of sp³-hybridized carbons (Fsp3) is 0.706. The predicted molar refractivity (Wildman–Crippen MR) is 92.3 cm³/mol. The van der Waals surface area contributed by atoms with Crippen LogP contribution in [-0.2, 0) is 17.8 Å². The number of hydrogen-bond acceptors (Lipinski definition) is 5. The van der Waals surface area contributed by atoms with Crippen LogP contribution >= 0.6 is 0 Å².